The molecule has 1 fully saturated rings. The predicted octanol–water partition coefficient (Wildman–Crippen LogP) is 2.76. The summed E-state index contributed by atoms with van der Waals surface area (Å²) in [5, 5.41) is 0. The van der Waals surface area contributed by atoms with Crippen molar-refractivity contribution in [3.63, 3.8) is 0 Å². The molecule has 1 aliphatic heterocycles. The number of ether oxygens (including phenoxy) is 1. The number of pyridine rings is 1. The fourth-order valence-corrected chi connectivity index (χ4v) is 2.43. The van der Waals surface area contributed by atoms with Crippen molar-refractivity contribution >= 4 is 12.0 Å². The molecule has 0 unspecified atom stereocenters. The van der Waals surface area contributed by atoms with Crippen molar-refractivity contribution in [3.8, 4) is 5.88 Å². The Morgan fingerprint density at radius 3 is 2.82 bits per heavy atom. The molecule has 0 saturated carbocycles. The highest BCUT2D eigenvalue weighted by atomic mass is 16.5. The van der Waals surface area contributed by atoms with Gasteiger partial charge in [-0.05, 0) is 24.3 Å². The quantitative estimate of drug-likeness (QED) is 0.814. The van der Waals surface area contributed by atoms with Crippen LogP contribution in [0.1, 0.15) is 18.6 Å². The van der Waals surface area contributed by atoms with Crippen LogP contribution in [-0.4, -0.2) is 35.0 Å². The summed E-state index contributed by atoms with van der Waals surface area (Å²) in [6.45, 7) is 1.39. The number of carbonyl (C=O) groups excluding carboxylic acids is 1. The number of rotatable bonds is 4. The molecule has 0 N–H and O–H groups in total. The molecule has 22 heavy (non-hydrogen) atoms. The standard InChI is InChI=1S/C17H18N2O3/c20-17(7-6-14-4-3-13-21-14)19-11-8-15(9-12-19)22-16-5-1-2-10-18-16/h1-7,10,13,15H,8-9,11-12H2. The van der Waals surface area contributed by atoms with Crippen LogP contribution in [-0.2, 0) is 4.79 Å². The minimum absolute atomic E-state index is 0.00712. The number of piperidine rings is 1. The minimum atomic E-state index is 0.00712. The Morgan fingerprint density at radius 2 is 2.14 bits per heavy atom. The average molecular weight is 298 g/mol. The zero-order chi connectivity index (χ0) is 15.2. The second kappa shape index (κ2) is 6.93. The summed E-state index contributed by atoms with van der Waals surface area (Å²) in [4.78, 5) is 18.1. The monoisotopic (exact) mass is 298 g/mol. The number of carbonyl (C=O) groups is 1. The van der Waals surface area contributed by atoms with Gasteiger partial charge in [0.05, 0.1) is 6.26 Å². The number of nitrogens with zero attached hydrogens (tertiary/aromatic N) is 2. The van der Waals surface area contributed by atoms with Crippen LogP contribution in [0, 0.1) is 0 Å². The Labute approximate surface area is 129 Å². The van der Waals surface area contributed by atoms with E-state index >= 15 is 0 Å². The van der Waals surface area contributed by atoms with Crippen LogP contribution in [0.25, 0.3) is 6.08 Å². The first-order chi connectivity index (χ1) is 10.8. The number of furan rings is 1. The molecule has 0 aliphatic carbocycles. The highest BCUT2D eigenvalue weighted by Crippen LogP contribution is 2.17. The van der Waals surface area contributed by atoms with Gasteiger partial charge in [0.15, 0.2) is 0 Å². The molecule has 1 aliphatic rings. The van der Waals surface area contributed by atoms with E-state index in [2.05, 4.69) is 4.98 Å². The molecule has 5 heteroatoms. The first-order valence-electron chi connectivity index (χ1n) is 7.39. The number of amides is 1. The summed E-state index contributed by atoms with van der Waals surface area (Å²) >= 11 is 0. The molecular weight excluding hydrogens is 280 g/mol. The van der Waals surface area contributed by atoms with Gasteiger partial charge in [-0.3, -0.25) is 4.79 Å². The lowest BCUT2D eigenvalue weighted by Gasteiger charge is -2.31. The Morgan fingerprint density at radius 1 is 1.27 bits per heavy atom. The van der Waals surface area contributed by atoms with Crippen molar-refractivity contribution in [1.29, 1.82) is 0 Å². The van der Waals surface area contributed by atoms with Crippen LogP contribution in [0.2, 0.25) is 0 Å². The third kappa shape index (κ3) is 3.75. The molecule has 0 aromatic carbocycles. The number of hydrogen-bond acceptors (Lipinski definition) is 4. The SMILES string of the molecule is O=C(C=Cc1ccco1)N1CCC(Oc2ccccn2)CC1. The maximum absolute atomic E-state index is 12.1. The maximum Gasteiger partial charge on any atom is 0.246 e. The molecule has 0 bridgehead atoms. The molecule has 0 spiro atoms. The zero-order valence-corrected chi connectivity index (χ0v) is 12.2. The molecule has 0 radical (unpaired) electrons. The van der Waals surface area contributed by atoms with Gasteiger partial charge >= 0.3 is 0 Å². The van der Waals surface area contributed by atoms with Gasteiger partial charge in [-0.1, -0.05) is 6.07 Å². The molecule has 1 amide bonds. The molecule has 3 heterocycles. The lowest BCUT2D eigenvalue weighted by molar-refractivity contribution is -0.127. The number of aromatic nitrogens is 1. The van der Waals surface area contributed by atoms with E-state index < -0.39 is 0 Å². The van der Waals surface area contributed by atoms with Gasteiger partial charge in [0.1, 0.15) is 11.9 Å². The second-order valence-corrected chi connectivity index (χ2v) is 5.16. The molecule has 2 aromatic rings. The van der Waals surface area contributed by atoms with E-state index in [4.69, 9.17) is 9.15 Å². The Hall–Kier alpha value is -2.56. The van der Waals surface area contributed by atoms with Crippen LogP contribution < -0.4 is 4.74 Å². The van der Waals surface area contributed by atoms with Crippen LogP contribution in [0.3, 0.4) is 0 Å². The minimum Gasteiger partial charge on any atom is -0.474 e. The molecule has 1 saturated heterocycles. The number of hydrogen-bond donors (Lipinski definition) is 0. The molecule has 0 atom stereocenters. The van der Waals surface area contributed by atoms with E-state index in [-0.39, 0.29) is 12.0 Å². The van der Waals surface area contributed by atoms with E-state index in [1.54, 1.807) is 30.7 Å². The predicted molar refractivity (Wildman–Crippen MR) is 82.2 cm³/mol. The molecular formula is C17H18N2O3. The van der Waals surface area contributed by atoms with Crippen LogP contribution in [0.15, 0.2) is 53.3 Å². The first kappa shape index (κ1) is 14.4. The van der Waals surface area contributed by atoms with Crippen LogP contribution in [0.4, 0.5) is 0 Å². The van der Waals surface area contributed by atoms with E-state index in [1.165, 1.54) is 0 Å². The average Bonchev–Trinajstić information content (AvgIpc) is 3.08. The van der Waals surface area contributed by atoms with Crippen molar-refractivity contribution < 1.29 is 13.9 Å². The van der Waals surface area contributed by atoms with E-state index in [1.807, 2.05) is 29.2 Å². The van der Waals surface area contributed by atoms with Gasteiger partial charge in [-0.15, -0.1) is 0 Å². The third-order valence-electron chi connectivity index (χ3n) is 3.61. The fraction of sp³-hybridized carbons (Fsp3) is 0.294. The Kier molecular flexibility index (Phi) is 4.53. The maximum atomic E-state index is 12.1. The molecule has 114 valence electrons. The Balaban J connectivity index is 1.48. The molecule has 3 rings (SSSR count). The first-order valence-corrected chi connectivity index (χ1v) is 7.39. The smallest absolute Gasteiger partial charge is 0.246 e. The summed E-state index contributed by atoms with van der Waals surface area (Å²) in [6.07, 6.45) is 8.30. The Bertz CT molecular complexity index is 615. The molecule has 5 nitrogen and oxygen atoms in total. The van der Waals surface area contributed by atoms with Crippen LogP contribution in [0.5, 0.6) is 5.88 Å². The largest absolute Gasteiger partial charge is 0.474 e. The van der Waals surface area contributed by atoms with Crippen molar-refractivity contribution in [2.75, 3.05) is 13.1 Å². The van der Waals surface area contributed by atoms with E-state index in [9.17, 15) is 4.79 Å². The highest BCUT2D eigenvalue weighted by molar-refractivity contribution is 5.91. The van der Waals surface area contributed by atoms with Crippen LogP contribution >= 0.6 is 0 Å². The second-order valence-electron chi connectivity index (χ2n) is 5.16. The van der Waals surface area contributed by atoms with E-state index in [0.717, 1.165) is 12.8 Å². The lowest BCUT2D eigenvalue weighted by Crippen LogP contribution is -2.41. The molecule has 2 aromatic heterocycles. The van der Waals surface area contributed by atoms with Crippen molar-refractivity contribution in [2.24, 2.45) is 0 Å². The van der Waals surface area contributed by atoms with Gasteiger partial charge in [0.25, 0.3) is 0 Å². The van der Waals surface area contributed by atoms with E-state index in [0.29, 0.717) is 24.7 Å². The number of likely N-dealkylation sites (tertiary alicyclic amines) is 1. The van der Waals surface area contributed by atoms with Crippen molar-refractivity contribution in [1.82, 2.24) is 9.88 Å². The summed E-state index contributed by atoms with van der Waals surface area (Å²) in [5.74, 6) is 1.33. The topological polar surface area (TPSA) is 55.6 Å². The summed E-state index contributed by atoms with van der Waals surface area (Å²) in [5.41, 5.74) is 0. The highest BCUT2D eigenvalue weighted by Gasteiger charge is 2.22. The summed E-state index contributed by atoms with van der Waals surface area (Å²) in [7, 11) is 0. The normalized spacial score (nSPS) is 16.1. The van der Waals surface area contributed by atoms with Crippen molar-refractivity contribution in [2.45, 2.75) is 18.9 Å². The van der Waals surface area contributed by atoms with Gasteiger partial charge < -0.3 is 14.1 Å². The van der Waals surface area contributed by atoms with Gasteiger partial charge in [0, 0.05) is 44.3 Å². The van der Waals surface area contributed by atoms with Gasteiger partial charge in [-0.25, -0.2) is 4.98 Å². The fourth-order valence-electron chi connectivity index (χ4n) is 2.43. The van der Waals surface area contributed by atoms with Gasteiger partial charge in [-0.2, -0.15) is 0 Å². The summed E-state index contributed by atoms with van der Waals surface area (Å²) < 4.78 is 11.0. The third-order valence-corrected chi connectivity index (χ3v) is 3.61. The zero-order valence-electron chi connectivity index (χ0n) is 12.2. The summed E-state index contributed by atoms with van der Waals surface area (Å²) in [6, 6.07) is 9.23. The van der Waals surface area contributed by atoms with Gasteiger partial charge in [0.2, 0.25) is 11.8 Å². The lowest BCUT2D eigenvalue weighted by atomic mass is 10.1. The van der Waals surface area contributed by atoms with Crippen molar-refractivity contribution in [3.05, 3.63) is 54.6 Å².